The van der Waals surface area contributed by atoms with Gasteiger partial charge in [-0.3, -0.25) is 4.72 Å². The molecule has 0 radical (unpaired) electrons. The fourth-order valence-corrected chi connectivity index (χ4v) is 5.32. The Balaban J connectivity index is 1.30. The van der Waals surface area contributed by atoms with Crippen molar-refractivity contribution in [3.05, 3.63) is 114 Å². The van der Waals surface area contributed by atoms with Crippen molar-refractivity contribution in [2.75, 3.05) is 22.5 Å². The predicted molar refractivity (Wildman–Crippen MR) is 162 cm³/mol. The number of rotatable bonds is 13. The summed E-state index contributed by atoms with van der Waals surface area (Å²) in [5, 5.41) is 0. The number of hydrogen-bond acceptors (Lipinski definition) is 5. The van der Waals surface area contributed by atoms with Crippen LogP contribution < -0.4 is 19.1 Å². The zero-order valence-corrected chi connectivity index (χ0v) is 23.9. The number of nitrogens with one attached hydrogen (secondary N) is 1. The van der Waals surface area contributed by atoms with Crippen LogP contribution in [0.3, 0.4) is 0 Å². The fourth-order valence-electron chi connectivity index (χ4n) is 4.70. The second kappa shape index (κ2) is 12.5. The molecular weight excluding hydrogens is 520 g/mol. The molecule has 5 rings (SSSR count). The third kappa shape index (κ3) is 8.02. The Morgan fingerprint density at radius 2 is 1.48 bits per heavy atom. The van der Waals surface area contributed by atoms with E-state index in [1.165, 1.54) is 24.7 Å². The highest BCUT2D eigenvalue weighted by Gasteiger charge is 2.20. The summed E-state index contributed by atoms with van der Waals surface area (Å²) >= 11 is 0. The minimum Gasteiger partial charge on any atom is -0.493 e. The highest BCUT2D eigenvalue weighted by molar-refractivity contribution is 7.92. The van der Waals surface area contributed by atoms with Crippen LogP contribution in [0.4, 0.5) is 11.4 Å². The van der Waals surface area contributed by atoms with Crippen molar-refractivity contribution < 1.29 is 17.9 Å². The minimum absolute atomic E-state index is 0.584. The number of hydrogen-bond donors (Lipinski definition) is 1. The van der Waals surface area contributed by atoms with E-state index in [0.29, 0.717) is 18.8 Å². The van der Waals surface area contributed by atoms with Gasteiger partial charge in [0.1, 0.15) is 17.2 Å². The van der Waals surface area contributed by atoms with Crippen molar-refractivity contribution in [3.8, 4) is 17.2 Å². The maximum atomic E-state index is 11.9. The van der Waals surface area contributed by atoms with Crippen molar-refractivity contribution in [1.29, 1.82) is 0 Å². The van der Waals surface area contributed by atoms with Crippen molar-refractivity contribution in [1.82, 2.24) is 0 Å². The zero-order valence-electron chi connectivity index (χ0n) is 23.0. The first-order valence-electron chi connectivity index (χ1n) is 13.7. The first-order valence-corrected chi connectivity index (χ1v) is 15.6. The van der Waals surface area contributed by atoms with Gasteiger partial charge in [0.05, 0.1) is 18.6 Å². The Morgan fingerprint density at radius 3 is 2.17 bits per heavy atom. The SMILES string of the molecule is Cc1c(NS(C)(=O)=O)cccc1N(Cc1ccccc1)Cc1ccc(Oc2cccc(OCCC3CC3)c2)cc1. The Bertz CT molecular complexity index is 1520. The van der Waals surface area contributed by atoms with Crippen molar-refractivity contribution >= 4 is 21.4 Å². The van der Waals surface area contributed by atoms with E-state index in [0.717, 1.165) is 53.0 Å². The molecular formula is C33H36N2O4S. The van der Waals surface area contributed by atoms with Gasteiger partial charge in [0.25, 0.3) is 0 Å². The van der Waals surface area contributed by atoms with Gasteiger partial charge in [-0.05, 0) is 72.4 Å². The summed E-state index contributed by atoms with van der Waals surface area (Å²) in [7, 11) is -3.39. The molecule has 1 N–H and O–H groups in total. The molecule has 0 bridgehead atoms. The maximum absolute atomic E-state index is 11.9. The molecule has 0 spiro atoms. The monoisotopic (exact) mass is 556 g/mol. The first kappa shape index (κ1) is 27.6. The van der Waals surface area contributed by atoms with Crippen LogP contribution in [0.5, 0.6) is 17.2 Å². The normalized spacial score (nSPS) is 13.1. The van der Waals surface area contributed by atoms with Gasteiger partial charge in [0.15, 0.2) is 0 Å². The van der Waals surface area contributed by atoms with Crippen LogP contribution in [0.15, 0.2) is 97.1 Å². The van der Waals surface area contributed by atoms with E-state index in [2.05, 4.69) is 33.9 Å². The molecule has 0 heterocycles. The molecule has 40 heavy (non-hydrogen) atoms. The van der Waals surface area contributed by atoms with Crippen molar-refractivity contribution in [2.24, 2.45) is 5.92 Å². The lowest BCUT2D eigenvalue weighted by molar-refractivity contribution is 0.301. The summed E-state index contributed by atoms with van der Waals surface area (Å²) in [6, 6.07) is 31.8. The smallest absolute Gasteiger partial charge is 0.229 e. The molecule has 0 aliphatic heterocycles. The second-order valence-corrected chi connectivity index (χ2v) is 12.2. The van der Waals surface area contributed by atoms with Gasteiger partial charge in [0.2, 0.25) is 10.0 Å². The Morgan fingerprint density at radius 1 is 0.800 bits per heavy atom. The minimum atomic E-state index is -3.39. The van der Waals surface area contributed by atoms with E-state index in [1.54, 1.807) is 6.07 Å². The zero-order chi connectivity index (χ0) is 28.0. The summed E-state index contributed by atoms with van der Waals surface area (Å²) in [4.78, 5) is 2.26. The van der Waals surface area contributed by atoms with E-state index < -0.39 is 10.0 Å². The average Bonchev–Trinajstić information content (AvgIpc) is 3.75. The van der Waals surface area contributed by atoms with Gasteiger partial charge in [-0.2, -0.15) is 0 Å². The number of anilines is 2. The van der Waals surface area contributed by atoms with Gasteiger partial charge < -0.3 is 14.4 Å². The van der Waals surface area contributed by atoms with Crippen LogP contribution in [0, 0.1) is 12.8 Å². The van der Waals surface area contributed by atoms with Gasteiger partial charge in [-0.15, -0.1) is 0 Å². The third-order valence-electron chi connectivity index (χ3n) is 6.99. The van der Waals surface area contributed by atoms with Gasteiger partial charge in [-0.25, -0.2) is 8.42 Å². The molecule has 4 aromatic rings. The summed E-state index contributed by atoms with van der Waals surface area (Å²) in [6.45, 7) is 4.01. The number of benzene rings is 4. The molecule has 0 saturated heterocycles. The lowest BCUT2D eigenvalue weighted by atomic mass is 10.1. The highest BCUT2D eigenvalue weighted by Crippen LogP contribution is 2.33. The van der Waals surface area contributed by atoms with E-state index >= 15 is 0 Å². The van der Waals surface area contributed by atoms with Crippen molar-refractivity contribution in [2.45, 2.75) is 39.3 Å². The summed E-state index contributed by atoms with van der Waals surface area (Å²) in [5.41, 5.74) is 4.71. The largest absolute Gasteiger partial charge is 0.493 e. The third-order valence-corrected chi connectivity index (χ3v) is 7.58. The van der Waals surface area contributed by atoms with E-state index in [4.69, 9.17) is 9.47 Å². The predicted octanol–water partition coefficient (Wildman–Crippen LogP) is 7.54. The summed E-state index contributed by atoms with van der Waals surface area (Å²) in [6.07, 6.45) is 4.95. The standard InChI is InChI=1S/C33H36N2O4S/c1-25-32(34-40(2,36)37)12-7-13-33(25)35(23-27-8-4-3-5-9-27)24-28-16-18-29(19-17-28)39-31-11-6-10-30(22-31)38-21-20-26-14-15-26/h3-13,16-19,22,26,34H,14-15,20-21,23-24H2,1-2H3. The molecule has 0 atom stereocenters. The molecule has 0 amide bonds. The second-order valence-electron chi connectivity index (χ2n) is 10.5. The van der Waals surface area contributed by atoms with Crippen molar-refractivity contribution in [3.63, 3.8) is 0 Å². The topological polar surface area (TPSA) is 67.9 Å². The van der Waals surface area contributed by atoms with Crippen LogP contribution in [-0.4, -0.2) is 21.3 Å². The first-order chi connectivity index (χ1) is 19.3. The fraction of sp³-hybridized carbons (Fsp3) is 0.273. The van der Waals surface area contributed by atoms with Crippen LogP contribution in [0.2, 0.25) is 0 Å². The quantitative estimate of drug-likeness (QED) is 0.184. The van der Waals surface area contributed by atoms with Crippen LogP contribution in [0.1, 0.15) is 36.0 Å². The number of ether oxygens (including phenoxy) is 2. The molecule has 1 fully saturated rings. The van der Waals surface area contributed by atoms with E-state index in [1.807, 2.05) is 73.7 Å². The average molecular weight is 557 g/mol. The maximum Gasteiger partial charge on any atom is 0.229 e. The van der Waals surface area contributed by atoms with Gasteiger partial charge in [-0.1, -0.05) is 67.4 Å². The molecule has 7 heteroatoms. The van der Waals surface area contributed by atoms with E-state index in [9.17, 15) is 8.42 Å². The number of sulfonamides is 1. The molecule has 0 unspecified atom stereocenters. The Labute approximate surface area is 237 Å². The number of nitrogens with zero attached hydrogens (tertiary/aromatic N) is 1. The highest BCUT2D eigenvalue weighted by atomic mass is 32.2. The lowest BCUT2D eigenvalue weighted by Gasteiger charge is -2.28. The van der Waals surface area contributed by atoms with Crippen LogP contribution >= 0.6 is 0 Å². The summed E-state index contributed by atoms with van der Waals surface area (Å²) in [5.74, 6) is 3.17. The molecule has 1 saturated carbocycles. The van der Waals surface area contributed by atoms with E-state index in [-0.39, 0.29) is 0 Å². The Kier molecular flexibility index (Phi) is 8.60. The van der Waals surface area contributed by atoms with Gasteiger partial charge >= 0.3 is 0 Å². The molecule has 208 valence electrons. The Hall–Kier alpha value is -3.97. The van der Waals surface area contributed by atoms with Crippen LogP contribution in [0.25, 0.3) is 0 Å². The lowest BCUT2D eigenvalue weighted by Crippen LogP contribution is -2.23. The molecule has 6 nitrogen and oxygen atoms in total. The van der Waals surface area contributed by atoms with Crippen LogP contribution in [-0.2, 0) is 23.1 Å². The summed E-state index contributed by atoms with van der Waals surface area (Å²) < 4.78 is 38.5. The molecule has 0 aromatic heterocycles. The molecule has 1 aliphatic rings. The van der Waals surface area contributed by atoms with Gasteiger partial charge in [0, 0.05) is 24.8 Å². The molecule has 4 aromatic carbocycles. The molecule has 1 aliphatic carbocycles.